The number of benzene rings is 1. The molecule has 1 aliphatic heterocycles. The molecule has 5 nitrogen and oxygen atoms in total. The quantitative estimate of drug-likeness (QED) is 0.585. The molecule has 1 unspecified atom stereocenters. The second kappa shape index (κ2) is 8.36. The van der Waals surface area contributed by atoms with Crippen molar-refractivity contribution >= 4 is 11.6 Å². The Kier molecular flexibility index (Phi) is 5.94. The molecule has 1 saturated heterocycles. The third-order valence-corrected chi connectivity index (χ3v) is 4.50. The lowest BCUT2D eigenvalue weighted by Crippen LogP contribution is -2.44. The monoisotopic (exact) mass is 352 g/mol. The smallest absolute Gasteiger partial charge is 0.387 e. The summed E-state index contributed by atoms with van der Waals surface area (Å²) in [5.74, 6) is 1.82. The minimum atomic E-state index is -2.81. The van der Waals surface area contributed by atoms with Crippen LogP contribution in [0.25, 0.3) is 0 Å². The van der Waals surface area contributed by atoms with Crippen molar-refractivity contribution < 1.29 is 13.5 Å². The van der Waals surface area contributed by atoms with Gasteiger partial charge in [0.1, 0.15) is 5.75 Å². The standard InChI is InChI=1S/C18H26F2N4O/c1-2-21-18(22-11-13-7-8-13)23-14-9-10-24(12-14)15-5-3-4-6-16(15)25-17(19)20/h3-6,13-14,17H,2,7-12H2,1H3,(H2,21,22,23). The van der Waals surface area contributed by atoms with E-state index < -0.39 is 6.61 Å². The average Bonchev–Trinajstić information content (AvgIpc) is 3.30. The number of ether oxygens (including phenoxy) is 1. The number of alkyl halides is 2. The first kappa shape index (κ1) is 17.8. The lowest BCUT2D eigenvalue weighted by atomic mass is 10.2. The molecule has 1 heterocycles. The van der Waals surface area contributed by atoms with Crippen molar-refractivity contribution in [1.29, 1.82) is 0 Å². The highest BCUT2D eigenvalue weighted by Crippen LogP contribution is 2.32. The summed E-state index contributed by atoms with van der Waals surface area (Å²) >= 11 is 0. The first-order valence-electron chi connectivity index (χ1n) is 8.99. The van der Waals surface area contributed by atoms with E-state index in [0.29, 0.717) is 5.69 Å². The third kappa shape index (κ3) is 5.21. The summed E-state index contributed by atoms with van der Waals surface area (Å²) in [6.07, 6.45) is 3.49. The summed E-state index contributed by atoms with van der Waals surface area (Å²) in [7, 11) is 0. The zero-order valence-electron chi connectivity index (χ0n) is 14.5. The molecule has 2 N–H and O–H groups in total. The number of guanidine groups is 1. The molecule has 25 heavy (non-hydrogen) atoms. The predicted octanol–water partition coefficient (Wildman–Crippen LogP) is 2.83. The highest BCUT2D eigenvalue weighted by atomic mass is 19.3. The van der Waals surface area contributed by atoms with Gasteiger partial charge in [-0.05, 0) is 44.2 Å². The van der Waals surface area contributed by atoms with Crippen LogP contribution in [0.3, 0.4) is 0 Å². The molecule has 0 radical (unpaired) electrons. The fourth-order valence-corrected chi connectivity index (χ4v) is 3.05. The minimum Gasteiger partial charge on any atom is -0.433 e. The summed E-state index contributed by atoms with van der Waals surface area (Å²) in [6.45, 7) is 2.45. The zero-order chi connectivity index (χ0) is 17.6. The van der Waals surface area contributed by atoms with Crippen LogP contribution in [-0.4, -0.2) is 44.8 Å². The van der Waals surface area contributed by atoms with E-state index in [1.807, 2.05) is 19.1 Å². The van der Waals surface area contributed by atoms with Crippen molar-refractivity contribution in [2.45, 2.75) is 38.8 Å². The van der Waals surface area contributed by atoms with Gasteiger partial charge in [0, 0.05) is 32.2 Å². The van der Waals surface area contributed by atoms with Crippen molar-refractivity contribution in [2.24, 2.45) is 10.9 Å². The van der Waals surface area contributed by atoms with Crippen molar-refractivity contribution in [3.63, 3.8) is 0 Å². The Balaban J connectivity index is 1.60. The SMILES string of the molecule is CCNC(=NCC1CC1)NC1CCN(c2ccccc2OC(F)F)C1. The van der Waals surface area contributed by atoms with Crippen LogP contribution in [0.2, 0.25) is 0 Å². The van der Waals surface area contributed by atoms with Crippen LogP contribution >= 0.6 is 0 Å². The van der Waals surface area contributed by atoms with E-state index in [2.05, 4.69) is 25.3 Å². The van der Waals surface area contributed by atoms with Gasteiger partial charge in [0.15, 0.2) is 5.96 Å². The molecule has 0 aromatic heterocycles. The Morgan fingerprint density at radius 2 is 2.12 bits per heavy atom. The average molecular weight is 352 g/mol. The Bertz CT molecular complexity index is 592. The number of halogens is 2. The molecule has 2 fully saturated rings. The molecule has 138 valence electrons. The van der Waals surface area contributed by atoms with Crippen LogP contribution in [0.4, 0.5) is 14.5 Å². The fourth-order valence-electron chi connectivity index (χ4n) is 3.05. The fraction of sp³-hybridized carbons (Fsp3) is 0.611. The molecule has 1 aliphatic carbocycles. The van der Waals surface area contributed by atoms with Crippen LogP contribution in [0.15, 0.2) is 29.3 Å². The molecule has 1 atom stereocenters. The second-order valence-electron chi connectivity index (χ2n) is 6.59. The van der Waals surface area contributed by atoms with Gasteiger partial charge < -0.3 is 20.3 Å². The van der Waals surface area contributed by atoms with Crippen molar-refractivity contribution in [3.05, 3.63) is 24.3 Å². The van der Waals surface area contributed by atoms with E-state index in [1.165, 1.54) is 12.8 Å². The highest BCUT2D eigenvalue weighted by molar-refractivity contribution is 5.80. The lowest BCUT2D eigenvalue weighted by Gasteiger charge is -2.22. The Morgan fingerprint density at radius 3 is 2.84 bits per heavy atom. The maximum atomic E-state index is 12.6. The molecule has 0 bridgehead atoms. The van der Waals surface area contributed by atoms with Crippen molar-refractivity contribution in [1.82, 2.24) is 10.6 Å². The van der Waals surface area contributed by atoms with Gasteiger partial charge in [0.2, 0.25) is 0 Å². The summed E-state index contributed by atoms with van der Waals surface area (Å²) in [5.41, 5.74) is 0.715. The molecule has 1 aromatic carbocycles. The molecule has 0 amide bonds. The van der Waals surface area contributed by atoms with Crippen LogP contribution in [0.1, 0.15) is 26.2 Å². The van der Waals surface area contributed by atoms with Crippen molar-refractivity contribution in [2.75, 3.05) is 31.1 Å². The number of rotatable bonds is 7. The van der Waals surface area contributed by atoms with Gasteiger partial charge >= 0.3 is 6.61 Å². The second-order valence-corrected chi connectivity index (χ2v) is 6.59. The highest BCUT2D eigenvalue weighted by Gasteiger charge is 2.26. The van der Waals surface area contributed by atoms with Gasteiger partial charge in [-0.2, -0.15) is 8.78 Å². The lowest BCUT2D eigenvalue weighted by molar-refractivity contribution is -0.0495. The van der Waals surface area contributed by atoms with Gasteiger partial charge in [-0.3, -0.25) is 4.99 Å². The van der Waals surface area contributed by atoms with Crippen LogP contribution in [0.5, 0.6) is 5.75 Å². The molecule has 7 heteroatoms. The maximum absolute atomic E-state index is 12.6. The van der Waals surface area contributed by atoms with Gasteiger partial charge in [-0.1, -0.05) is 12.1 Å². The number of para-hydroxylation sites is 2. The molecular weight excluding hydrogens is 326 g/mol. The van der Waals surface area contributed by atoms with E-state index >= 15 is 0 Å². The predicted molar refractivity (Wildman–Crippen MR) is 95.5 cm³/mol. The zero-order valence-corrected chi connectivity index (χ0v) is 14.5. The third-order valence-electron chi connectivity index (χ3n) is 4.50. The van der Waals surface area contributed by atoms with E-state index in [4.69, 9.17) is 0 Å². The Morgan fingerprint density at radius 1 is 1.32 bits per heavy atom. The first-order chi connectivity index (χ1) is 12.2. The number of hydrogen-bond acceptors (Lipinski definition) is 3. The molecule has 1 saturated carbocycles. The van der Waals surface area contributed by atoms with Gasteiger partial charge in [-0.15, -0.1) is 0 Å². The van der Waals surface area contributed by atoms with Gasteiger partial charge in [-0.25, -0.2) is 0 Å². The topological polar surface area (TPSA) is 48.9 Å². The summed E-state index contributed by atoms with van der Waals surface area (Å²) in [4.78, 5) is 6.73. The van der Waals surface area contributed by atoms with Gasteiger partial charge in [0.25, 0.3) is 0 Å². The number of aliphatic imine (C=N–C) groups is 1. The molecule has 1 aromatic rings. The van der Waals surface area contributed by atoms with Crippen LogP contribution < -0.4 is 20.3 Å². The molecule has 3 rings (SSSR count). The summed E-state index contributed by atoms with van der Waals surface area (Å²) in [5, 5.41) is 6.75. The van der Waals surface area contributed by atoms with E-state index in [9.17, 15) is 8.78 Å². The number of hydrogen-bond donors (Lipinski definition) is 2. The normalized spacial score (nSPS) is 20.9. The summed E-state index contributed by atoms with van der Waals surface area (Å²) in [6, 6.07) is 7.20. The van der Waals surface area contributed by atoms with Gasteiger partial charge in [0.05, 0.1) is 5.69 Å². The van der Waals surface area contributed by atoms with Crippen LogP contribution in [0, 0.1) is 5.92 Å². The maximum Gasteiger partial charge on any atom is 0.387 e. The number of anilines is 1. The molecule has 0 spiro atoms. The first-order valence-corrected chi connectivity index (χ1v) is 8.99. The number of nitrogens with zero attached hydrogens (tertiary/aromatic N) is 2. The summed E-state index contributed by atoms with van der Waals surface area (Å²) < 4.78 is 29.9. The molecule has 2 aliphatic rings. The Labute approximate surface area is 147 Å². The van der Waals surface area contributed by atoms with E-state index in [1.54, 1.807) is 12.1 Å². The molecular formula is C18H26F2N4O. The van der Waals surface area contributed by atoms with E-state index in [0.717, 1.165) is 44.5 Å². The number of nitrogens with one attached hydrogen (secondary N) is 2. The van der Waals surface area contributed by atoms with E-state index in [-0.39, 0.29) is 11.8 Å². The largest absolute Gasteiger partial charge is 0.433 e. The Hall–Kier alpha value is -2.05. The van der Waals surface area contributed by atoms with Crippen LogP contribution in [-0.2, 0) is 0 Å². The minimum absolute atomic E-state index is 0.229. The van der Waals surface area contributed by atoms with Crippen molar-refractivity contribution in [3.8, 4) is 5.75 Å².